The Morgan fingerprint density at radius 2 is 2.08 bits per heavy atom. The molecule has 7 heteroatoms. The molecule has 7 nitrogen and oxygen atoms in total. The van der Waals surface area contributed by atoms with Gasteiger partial charge in [-0.1, -0.05) is 6.92 Å². The molecule has 1 aromatic heterocycles. The first-order chi connectivity index (χ1) is 12.6. The number of likely N-dealkylation sites (tertiary alicyclic amines) is 1. The maximum absolute atomic E-state index is 4.53. The highest BCUT2D eigenvalue weighted by atomic mass is 15.3. The van der Waals surface area contributed by atoms with Gasteiger partial charge in [-0.25, -0.2) is 0 Å². The topological polar surface area (TPSA) is 51.9 Å². The van der Waals surface area contributed by atoms with Gasteiger partial charge in [-0.2, -0.15) is 5.10 Å². The van der Waals surface area contributed by atoms with Gasteiger partial charge in [0.05, 0.1) is 6.20 Å². The van der Waals surface area contributed by atoms with Gasteiger partial charge in [0.1, 0.15) is 0 Å². The van der Waals surface area contributed by atoms with Crippen molar-refractivity contribution in [3.8, 4) is 0 Å². The molecule has 26 heavy (non-hydrogen) atoms. The summed E-state index contributed by atoms with van der Waals surface area (Å²) in [5.41, 5.74) is 1.34. The highest BCUT2D eigenvalue weighted by Crippen LogP contribution is 2.26. The van der Waals surface area contributed by atoms with E-state index in [1.54, 1.807) is 0 Å². The molecule has 2 aliphatic rings. The fraction of sp³-hybridized carbons (Fsp3) is 0.789. The SMILES string of the molecule is CCN1CCN(C(C)CNC(=NC)N2CCC(c3cnn(C)c3)C2)CC1. The summed E-state index contributed by atoms with van der Waals surface area (Å²) in [5.74, 6) is 1.59. The number of piperazine rings is 1. The number of likely N-dealkylation sites (N-methyl/N-ethyl adjacent to an activating group) is 1. The van der Waals surface area contributed by atoms with Gasteiger partial charge >= 0.3 is 0 Å². The van der Waals surface area contributed by atoms with Crippen molar-refractivity contribution in [2.24, 2.45) is 12.0 Å². The van der Waals surface area contributed by atoms with Crippen molar-refractivity contribution in [2.45, 2.75) is 32.2 Å². The van der Waals surface area contributed by atoms with E-state index < -0.39 is 0 Å². The van der Waals surface area contributed by atoms with Crippen molar-refractivity contribution in [3.05, 3.63) is 18.0 Å². The number of aliphatic imine (C=N–C) groups is 1. The molecule has 1 N–H and O–H groups in total. The first-order valence-corrected chi connectivity index (χ1v) is 10.0. The Kier molecular flexibility index (Phi) is 6.53. The minimum absolute atomic E-state index is 0.530. The molecule has 0 bridgehead atoms. The zero-order chi connectivity index (χ0) is 18.5. The zero-order valence-corrected chi connectivity index (χ0v) is 16.9. The lowest BCUT2D eigenvalue weighted by Gasteiger charge is -2.38. The van der Waals surface area contributed by atoms with Crippen LogP contribution in [0.25, 0.3) is 0 Å². The smallest absolute Gasteiger partial charge is 0.193 e. The molecule has 1 aromatic rings. The molecule has 0 aromatic carbocycles. The third-order valence-electron chi connectivity index (χ3n) is 5.93. The highest BCUT2D eigenvalue weighted by molar-refractivity contribution is 5.80. The van der Waals surface area contributed by atoms with Gasteiger partial charge in [-0.15, -0.1) is 0 Å². The lowest BCUT2D eigenvalue weighted by atomic mass is 10.0. The van der Waals surface area contributed by atoms with Gasteiger partial charge in [0, 0.05) is 78.1 Å². The second-order valence-corrected chi connectivity index (χ2v) is 7.63. The van der Waals surface area contributed by atoms with E-state index in [1.165, 1.54) is 44.7 Å². The fourth-order valence-corrected chi connectivity index (χ4v) is 4.10. The number of nitrogens with zero attached hydrogens (tertiary/aromatic N) is 6. The molecule has 2 aliphatic heterocycles. The monoisotopic (exact) mass is 361 g/mol. The van der Waals surface area contributed by atoms with Gasteiger partial charge in [0.25, 0.3) is 0 Å². The first kappa shape index (κ1) is 19.2. The van der Waals surface area contributed by atoms with Crippen molar-refractivity contribution in [3.63, 3.8) is 0 Å². The van der Waals surface area contributed by atoms with E-state index in [4.69, 9.17) is 0 Å². The maximum Gasteiger partial charge on any atom is 0.193 e. The molecule has 0 radical (unpaired) electrons. The number of hydrogen-bond donors (Lipinski definition) is 1. The number of hydrogen-bond acceptors (Lipinski definition) is 4. The normalized spacial score (nSPS) is 24.2. The molecular weight excluding hydrogens is 326 g/mol. The Morgan fingerprint density at radius 1 is 1.31 bits per heavy atom. The van der Waals surface area contributed by atoms with Gasteiger partial charge in [0.15, 0.2) is 5.96 Å². The quantitative estimate of drug-likeness (QED) is 0.621. The summed E-state index contributed by atoms with van der Waals surface area (Å²) in [6.45, 7) is 13.5. The summed E-state index contributed by atoms with van der Waals surface area (Å²) in [6.07, 6.45) is 5.31. The maximum atomic E-state index is 4.53. The van der Waals surface area contributed by atoms with E-state index in [0.29, 0.717) is 12.0 Å². The van der Waals surface area contributed by atoms with Crippen LogP contribution >= 0.6 is 0 Å². The van der Waals surface area contributed by atoms with Crippen LogP contribution in [-0.4, -0.2) is 95.9 Å². The number of rotatable bonds is 5. The van der Waals surface area contributed by atoms with Gasteiger partial charge in [-0.05, 0) is 25.5 Å². The summed E-state index contributed by atoms with van der Waals surface area (Å²) in [4.78, 5) is 12.0. The van der Waals surface area contributed by atoms with E-state index in [9.17, 15) is 0 Å². The van der Waals surface area contributed by atoms with Crippen LogP contribution in [-0.2, 0) is 7.05 Å². The predicted octanol–water partition coefficient (Wildman–Crippen LogP) is 0.811. The molecule has 2 saturated heterocycles. The Bertz CT molecular complexity index is 588. The van der Waals surface area contributed by atoms with Crippen molar-refractivity contribution in [1.29, 1.82) is 0 Å². The fourth-order valence-electron chi connectivity index (χ4n) is 4.10. The molecular formula is C19H35N7. The van der Waals surface area contributed by atoms with E-state index in [0.717, 1.165) is 25.6 Å². The van der Waals surface area contributed by atoms with Crippen LogP contribution in [0.3, 0.4) is 0 Å². The van der Waals surface area contributed by atoms with Gasteiger partial charge in [0.2, 0.25) is 0 Å². The van der Waals surface area contributed by atoms with Crippen molar-refractivity contribution >= 4 is 5.96 Å². The van der Waals surface area contributed by atoms with Crippen LogP contribution in [0.4, 0.5) is 0 Å². The average Bonchev–Trinajstić information content (AvgIpc) is 3.31. The van der Waals surface area contributed by atoms with E-state index in [-0.39, 0.29) is 0 Å². The minimum Gasteiger partial charge on any atom is -0.355 e. The lowest BCUT2D eigenvalue weighted by Crippen LogP contribution is -2.53. The van der Waals surface area contributed by atoms with Crippen LogP contribution in [0, 0.1) is 0 Å². The summed E-state index contributed by atoms with van der Waals surface area (Å²) in [5, 5.41) is 7.93. The predicted molar refractivity (Wildman–Crippen MR) is 107 cm³/mol. The minimum atomic E-state index is 0.530. The van der Waals surface area contributed by atoms with Crippen molar-refractivity contribution < 1.29 is 0 Å². The summed E-state index contributed by atoms with van der Waals surface area (Å²) in [7, 11) is 3.88. The van der Waals surface area contributed by atoms with Gasteiger partial charge < -0.3 is 15.1 Å². The number of aromatic nitrogens is 2. The molecule has 2 unspecified atom stereocenters. The Balaban J connectivity index is 1.46. The van der Waals surface area contributed by atoms with Crippen LogP contribution < -0.4 is 5.32 Å². The number of guanidine groups is 1. The molecule has 3 rings (SSSR count). The van der Waals surface area contributed by atoms with Crippen LogP contribution in [0.5, 0.6) is 0 Å². The van der Waals surface area contributed by atoms with E-state index in [1.807, 2.05) is 25.0 Å². The van der Waals surface area contributed by atoms with Gasteiger partial charge in [-0.3, -0.25) is 14.6 Å². The van der Waals surface area contributed by atoms with Crippen LogP contribution in [0.15, 0.2) is 17.4 Å². The Hall–Kier alpha value is -1.60. The number of nitrogens with one attached hydrogen (secondary N) is 1. The van der Waals surface area contributed by atoms with Crippen LogP contribution in [0.2, 0.25) is 0 Å². The van der Waals surface area contributed by atoms with Crippen molar-refractivity contribution in [2.75, 3.05) is 59.4 Å². The molecule has 2 fully saturated rings. The lowest BCUT2D eigenvalue weighted by molar-refractivity contribution is 0.107. The summed E-state index contributed by atoms with van der Waals surface area (Å²) < 4.78 is 1.89. The molecule has 3 heterocycles. The molecule has 0 aliphatic carbocycles. The largest absolute Gasteiger partial charge is 0.355 e. The summed E-state index contributed by atoms with van der Waals surface area (Å²) in [6, 6.07) is 0.530. The molecule has 0 saturated carbocycles. The third kappa shape index (κ3) is 4.57. The Morgan fingerprint density at radius 3 is 2.69 bits per heavy atom. The summed E-state index contributed by atoms with van der Waals surface area (Å²) >= 11 is 0. The molecule has 0 spiro atoms. The average molecular weight is 362 g/mol. The third-order valence-corrected chi connectivity index (χ3v) is 5.93. The molecule has 2 atom stereocenters. The second-order valence-electron chi connectivity index (χ2n) is 7.63. The molecule has 146 valence electrons. The first-order valence-electron chi connectivity index (χ1n) is 10.0. The highest BCUT2D eigenvalue weighted by Gasteiger charge is 2.27. The van der Waals surface area contributed by atoms with Crippen LogP contribution in [0.1, 0.15) is 31.7 Å². The zero-order valence-electron chi connectivity index (χ0n) is 16.9. The number of aryl methyl sites for hydroxylation is 1. The molecule has 0 amide bonds. The Labute approximate surface area is 158 Å². The van der Waals surface area contributed by atoms with E-state index >= 15 is 0 Å². The van der Waals surface area contributed by atoms with E-state index in [2.05, 4.69) is 50.2 Å². The van der Waals surface area contributed by atoms with Crippen molar-refractivity contribution in [1.82, 2.24) is 29.8 Å². The standard InChI is InChI=1S/C19H35N7/c1-5-24-8-10-25(11-9-24)16(2)12-21-19(20-3)26-7-6-17(15-26)18-13-22-23(4)14-18/h13-14,16-17H,5-12,15H2,1-4H3,(H,20,21). The second kappa shape index (κ2) is 8.86.